The summed E-state index contributed by atoms with van der Waals surface area (Å²) in [5.41, 5.74) is 0.977. The second-order valence-electron chi connectivity index (χ2n) is 3.66. The third kappa shape index (κ3) is 2.90. The molecule has 86 valence electrons. The largest absolute Gasteiger partial charge is 0.337 e. The van der Waals surface area contributed by atoms with E-state index in [2.05, 4.69) is 25.2 Å². The Kier molecular flexibility index (Phi) is 3.66. The third-order valence-corrected chi connectivity index (χ3v) is 2.31. The lowest BCUT2D eigenvalue weighted by atomic mass is 10.4. The van der Waals surface area contributed by atoms with E-state index < -0.39 is 0 Å². The minimum atomic E-state index is 0.765. The van der Waals surface area contributed by atoms with E-state index in [4.69, 9.17) is 0 Å². The Morgan fingerprint density at radius 3 is 3.06 bits per heavy atom. The summed E-state index contributed by atoms with van der Waals surface area (Å²) < 4.78 is 3.94. The van der Waals surface area contributed by atoms with Gasteiger partial charge in [-0.1, -0.05) is 5.21 Å². The summed E-state index contributed by atoms with van der Waals surface area (Å²) in [6.07, 6.45) is 8.59. The quantitative estimate of drug-likeness (QED) is 0.760. The molecular formula is C10H16N6. The van der Waals surface area contributed by atoms with Gasteiger partial charge in [-0.3, -0.25) is 4.68 Å². The molecule has 0 atom stereocenters. The monoisotopic (exact) mass is 220 g/mol. The van der Waals surface area contributed by atoms with Crippen molar-refractivity contribution >= 4 is 0 Å². The molecule has 2 aromatic rings. The number of aryl methyl sites for hydroxylation is 2. The fraction of sp³-hybridized carbons (Fsp3) is 0.500. The van der Waals surface area contributed by atoms with Crippen LogP contribution in [0.1, 0.15) is 12.1 Å². The van der Waals surface area contributed by atoms with Crippen LogP contribution in [-0.4, -0.2) is 31.6 Å². The van der Waals surface area contributed by atoms with Crippen LogP contribution in [0.2, 0.25) is 0 Å². The average Bonchev–Trinajstić information content (AvgIpc) is 2.90. The highest BCUT2D eigenvalue weighted by molar-refractivity contribution is 4.90. The molecule has 0 saturated carbocycles. The number of hydrogen-bond acceptors (Lipinski definition) is 4. The molecule has 1 N–H and O–H groups in total. The Bertz CT molecular complexity index is 405. The summed E-state index contributed by atoms with van der Waals surface area (Å²) in [7, 11) is 1.90. The van der Waals surface area contributed by atoms with Crippen LogP contribution < -0.4 is 5.32 Å². The zero-order chi connectivity index (χ0) is 11.2. The molecule has 0 amide bonds. The summed E-state index contributed by atoms with van der Waals surface area (Å²) in [5, 5.41) is 11.2. The Morgan fingerprint density at radius 1 is 1.38 bits per heavy atom. The number of imidazole rings is 1. The first-order chi connectivity index (χ1) is 7.88. The van der Waals surface area contributed by atoms with Gasteiger partial charge in [-0.2, -0.15) is 0 Å². The minimum absolute atomic E-state index is 0.765. The normalized spacial score (nSPS) is 10.8. The van der Waals surface area contributed by atoms with Gasteiger partial charge in [0.15, 0.2) is 0 Å². The van der Waals surface area contributed by atoms with Crippen LogP contribution in [0, 0.1) is 0 Å². The van der Waals surface area contributed by atoms with Crippen molar-refractivity contribution in [2.24, 2.45) is 0 Å². The molecule has 16 heavy (non-hydrogen) atoms. The minimum Gasteiger partial charge on any atom is -0.337 e. The Balaban J connectivity index is 1.76. The molecule has 0 spiro atoms. The summed E-state index contributed by atoms with van der Waals surface area (Å²) >= 11 is 0. The summed E-state index contributed by atoms with van der Waals surface area (Å²) in [6.45, 7) is 2.61. The highest BCUT2D eigenvalue weighted by Crippen LogP contribution is 1.96. The number of nitrogens with one attached hydrogen (secondary N) is 1. The highest BCUT2D eigenvalue weighted by atomic mass is 15.4. The summed E-state index contributed by atoms with van der Waals surface area (Å²) in [4.78, 5) is 4.00. The van der Waals surface area contributed by atoms with Gasteiger partial charge in [-0.05, 0) is 13.5 Å². The molecule has 0 saturated heterocycles. The lowest BCUT2D eigenvalue weighted by molar-refractivity contribution is 0.514. The molecule has 0 aliphatic rings. The molecule has 2 aromatic heterocycles. The maximum atomic E-state index is 4.06. The highest BCUT2D eigenvalue weighted by Gasteiger charge is 1.99. The SMILES string of the molecule is CNCc1cn(CCCn2ccnc2)nn1. The van der Waals surface area contributed by atoms with Gasteiger partial charge < -0.3 is 9.88 Å². The molecule has 2 heterocycles. The topological polar surface area (TPSA) is 60.6 Å². The van der Waals surface area contributed by atoms with Gasteiger partial charge in [0.2, 0.25) is 0 Å². The van der Waals surface area contributed by atoms with E-state index in [1.54, 1.807) is 6.20 Å². The van der Waals surface area contributed by atoms with Gasteiger partial charge in [0.1, 0.15) is 0 Å². The van der Waals surface area contributed by atoms with Crippen molar-refractivity contribution in [3.05, 3.63) is 30.6 Å². The maximum absolute atomic E-state index is 4.06. The van der Waals surface area contributed by atoms with E-state index >= 15 is 0 Å². The molecule has 2 rings (SSSR count). The van der Waals surface area contributed by atoms with Crippen LogP contribution in [0.3, 0.4) is 0 Å². The number of rotatable bonds is 6. The number of nitrogens with zero attached hydrogens (tertiary/aromatic N) is 5. The Labute approximate surface area is 94.3 Å². The standard InChI is InChI=1S/C10H16N6/c1-11-7-10-8-16(14-13-10)5-2-4-15-6-3-12-9-15/h3,6,8-9,11H,2,4-5,7H2,1H3. The van der Waals surface area contributed by atoms with Crippen molar-refractivity contribution in [2.75, 3.05) is 7.05 Å². The molecule has 0 bridgehead atoms. The molecular weight excluding hydrogens is 204 g/mol. The van der Waals surface area contributed by atoms with Crippen molar-refractivity contribution < 1.29 is 0 Å². The first-order valence-corrected chi connectivity index (χ1v) is 5.38. The van der Waals surface area contributed by atoms with E-state index in [0.29, 0.717) is 0 Å². The second kappa shape index (κ2) is 5.41. The van der Waals surface area contributed by atoms with Gasteiger partial charge in [-0.25, -0.2) is 4.98 Å². The Hall–Kier alpha value is -1.69. The first-order valence-electron chi connectivity index (χ1n) is 5.38. The predicted molar refractivity (Wildman–Crippen MR) is 59.6 cm³/mol. The molecule has 0 aliphatic heterocycles. The van der Waals surface area contributed by atoms with Crippen molar-refractivity contribution in [1.29, 1.82) is 0 Å². The number of hydrogen-bond donors (Lipinski definition) is 1. The molecule has 0 aliphatic carbocycles. The molecule has 6 heteroatoms. The smallest absolute Gasteiger partial charge is 0.0964 e. The van der Waals surface area contributed by atoms with Crippen LogP contribution in [-0.2, 0) is 19.6 Å². The van der Waals surface area contributed by atoms with Crippen molar-refractivity contribution in [3.63, 3.8) is 0 Å². The van der Waals surface area contributed by atoms with E-state index in [1.807, 2.05) is 30.5 Å². The van der Waals surface area contributed by atoms with Crippen molar-refractivity contribution in [3.8, 4) is 0 Å². The van der Waals surface area contributed by atoms with Gasteiger partial charge >= 0.3 is 0 Å². The molecule has 0 unspecified atom stereocenters. The van der Waals surface area contributed by atoms with Crippen LogP contribution in [0.4, 0.5) is 0 Å². The molecule has 0 fully saturated rings. The van der Waals surface area contributed by atoms with Gasteiger partial charge in [0, 0.05) is 38.2 Å². The van der Waals surface area contributed by atoms with E-state index in [1.165, 1.54) is 0 Å². The van der Waals surface area contributed by atoms with Crippen molar-refractivity contribution in [2.45, 2.75) is 26.1 Å². The average molecular weight is 220 g/mol. The summed E-state index contributed by atoms with van der Waals surface area (Å²) in [6, 6.07) is 0. The van der Waals surface area contributed by atoms with Crippen LogP contribution in [0.15, 0.2) is 24.9 Å². The zero-order valence-electron chi connectivity index (χ0n) is 9.37. The zero-order valence-corrected chi connectivity index (χ0v) is 9.37. The van der Waals surface area contributed by atoms with Crippen LogP contribution >= 0.6 is 0 Å². The molecule has 0 radical (unpaired) electrons. The molecule has 0 aromatic carbocycles. The van der Waals surface area contributed by atoms with Crippen LogP contribution in [0.25, 0.3) is 0 Å². The maximum Gasteiger partial charge on any atom is 0.0964 e. The number of aromatic nitrogens is 5. The van der Waals surface area contributed by atoms with Gasteiger partial charge in [0.05, 0.1) is 12.0 Å². The van der Waals surface area contributed by atoms with Crippen LogP contribution in [0.5, 0.6) is 0 Å². The van der Waals surface area contributed by atoms with Gasteiger partial charge in [-0.15, -0.1) is 5.10 Å². The van der Waals surface area contributed by atoms with Crippen molar-refractivity contribution in [1.82, 2.24) is 29.9 Å². The summed E-state index contributed by atoms with van der Waals surface area (Å²) in [5.74, 6) is 0. The second-order valence-corrected chi connectivity index (χ2v) is 3.66. The predicted octanol–water partition coefficient (Wildman–Crippen LogP) is 0.284. The lowest BCUT2D eigenvalue weighted by Gasteiger charge is -2.01. The fourth-order valence-electron chi connectivity index (χ4n) is 1.54. The lowest BCUT2D eigenvalue weighted by Crippen LogP contribution is -2.05. The van der Waals surface area contributed by atoms with Gasteiger partial charge in [0.25, 0.3) is 0 Å². The molecule has 6 nitrogen and oxygen atoms in total. The Morgan fingerprint density at radius 2 is 2.31 bits per heavy atom. The first kappa shape index (κ1) is 10.8. The van der Waals surface area contributed by atoms with E-state index in [0.717, 1.165) is 31.7 Å². The van der Waals surface area contributed by atoms with E-state index in [9.17, 15) is 0 Å². The fourth-order valence-corrected chi connectivity index (χ4v) is 1.54. The van der Waals surface area contributed by atoms with E-state index in [-0.39, 0.29) is 0 Å². The third-order valence-electron chi connectivity index (χ3n) is 2.31.